The van der Waals surface area contributed by atoms with Crippen LogP contribution in [0.1, 0.15) is 0 Å². The molecule has 0 aliphatic heterocycles. The molecule has 1 heterocycles. The third kappa shape index (κ3) is 1.07. The molecule has 0 bridgehead atoms. The zero-order chi connectivity index (χ0) is 9.42. The summed E-state index contributed by atoms with van der Waals surface area (Å²) in [6.07, 6.45) is 0. The summed E-state index contributed by atoms with van der Waals surface area (Å²) in [6.45, 7) is 0. The minimum Gasteiger partial charge on any atom is -0.711 e. The molecule has 0 unspecified atom stereocenters. The number of nitrogens with zero attached hydrogens (tertiary/aromatic N) is 3. The van der Waals surface area contributed by atoms with Crippen LogP contribution < -0.4 is 15.3 Å². The molecule has 0 amide bonds. The fraction of sp³-hybridized carbons (Fsp3) is 0. The Labute approximate surface area is 74.8 Å². The minimum atomic E-state index is 0.147. The van der Waals surface area contributed by atoms with Crippen molar-refractivity contribution in [3.05, 3.63) is 34.7 Å². The topological polar surface area (TPSA) is 66.8 Å². The number of rotatable bonds is 0. The maximum Gasteiger partial charge on any atom is 0.315 e. The third-order valence-electron chi connectivity index (χ3n) is 1.84. The van der Waals surface area contributed by atoms with E-state index >= 15 is 0 Å². The molecule has 5 nitrogen and oxygen atoms in total. The predicted molar refractivity (Wildman–Crippen MR) is 47.8 cm³/mol. The van der Waals surface area contributed by atoms with E-state index in [4.69, 9.17) is 0 Å². The number of fused-ring (bicyclic) bond motifs is 1. The summed E-state index contributed by atoms with van der Waals surface area (Å²) in [6, 6.07) is 6.54. The van der Waals surface area contributed by atoms with E-state index in [1.54, 1.807) is 24.3 Å². The number of aromatic nitrogens is 3. The fourth-order valence-electron chi connectivity index (χ4n) is 1.20. The number of hydrogen-bond acceptors (Lipinski definition) is 3. The monoisotopic (exact) mass is 175 g/mol. The van der Waals surface area contributed by atoms with E-state index in [0.29, 0.717) is 15.1 Å². The third-order valence-corrected chi connectivity index (χ3v) is 1.84. The van der Waals surface area contributed by atoms with Gasteiger partial charge in [-0.1, -0.05) is 12.1 Å². The number of benzene rings is 1. The lowest BCUT2D eigenvalue weighted by Gasteiger charge is -2.04. The van der Waals surface area contributed by atoms with Crippen LogP contribution in [0.2, 0.25) is 0 Å². The quantitative estimate of drug-likeness (QED) is 0.258. The van der Waals surface area contributed by atoms with Gasteiger partial charge in [-0.3, -0.25) is 0 Å². The molecule has 64 valence electrons. The van der Waals surface area contributed by atoms with Crippen molar-refractivity contribution in [3.8, 4) is 0 Å². The zero-order valence-electron chi connectivity index (χ0n) is 6.97. The molecule has 0 aliphatic carbocycles. The fourth-order valence-corrected chi connectivity index (χ4v) is 1.20. The van der Waals surface area contributed by atoms with E-state index in [1.165, 1.54) is 7.85 Å². The standard InChI is InChI=1S/C7H6BN3O2/c8-7-9-11(13)6-4-2-1-3-5(6)10(7)12/h1-4H,8H2. The zero-order valence-corrected chi connectivity index (χ0v) is 6.97. The van der Waals surface area contributed by atoms with Crippen molar-refractivity contribution < 1.29 is 9.58 Å². The lowest BCUT2D eigenvalue weighted by molar-refractivity contribution is -0.670. The van der Waals surface area contributed by atoms with Crippen LogP contribution in [0, 0.1) is 10.4 Å². The van der Waals surface area contributed by atoms with Gasteiger partial charge in [0, 0.05) is 6.07 Å². The van der Waals surface area contributed by atoms with Crippen molar-refractivity contribution in [1.82, 2.24) is 5.10 Å². The van der Waals surface area contributed by atoms with Crippen molar-refractivity contribution in [1.29, 1.82) is 0 Å². The molecule has 6 heteroatoms. The lowest BCUT2D eigenvalue weighted by Crippen LogP contribution is -2.55. The predicted octanol–water partition coefficient (Wildman–Crippen LogP) is -2.24. The average molecular weight is 175 g/mol. The second-order valence-corrected chi connectivity index (χ2v) is 2.70. The Hall–Kier alpha value is -1.85. The first-order valence-electron chi connectivity index (χ1n) is 3.79. The van der Waals surface area contributed by atoms with E-state index in [0.717, 1.165) is 0 Å². The first-order chi connectivity index (χ1) is 6.20. The summed E-state index contributed by atoms with van der Waals surface area (Å²) >= 11 is 0. The summed E-state index contributed by atoms with van der Waals surface area (Å²) < 4.78 is 0.643. The van der Waals surface area contributed by atoms with Gasteiger partial charge in [-0.2, -0.15) is 0 Å². The van der Waals surface area contributed by atoms with E-state index < -0.39 is 0 Å². The summed E-state index contributed by atoms with van der Waals surface area (Å²) in [5, 5.41) is 26.1. The number of hydrogen-bond donors (Lipinski definition) is 0. The Morgan fingerprint density at radius 2 is 1.77 bits per heavy atom. The van der Waals surface area contributed by atoms with Gasteiger partial charge in [0.2, 0.25) is 10.6 Å². The minimum absolute atomic E-state index is 0.147. The van der Waals surface area contributed by atoms with Crippen LogP contribution >= 0.6 is 0 Å². The van der Waals surface area contributed by atoms with Crippen molar-refractivity contribution in [2.45, 2.75) is 0 Å². The Bertz CT molecular complexity index is 474. The Morgan fingerprint density at radius 1 is 1.15 bits per heavy atom. The van der Waals surface area contributed by atoms with Gasteiger partial charge in [-0.25, -0.2) is 4.73 Å². The van der Waals surface area contributed by atoms with E-state index in [2.05, 4.69) is 5.10 Å². The molecule has 0 aliphatic rings. The maximum atomic E-state index is 11.4. The van der Waals surface area contributed by atoms with Gasteiger partial charge in [0.1, 0.15) is 0 Å². The molecule has 1 aromatic heterocycles. The maximum absolute atomic E-state index is 11.4. The van der Waals surface area contributed by atoms with Gasteiger partial charge in [-0.15, -0.1) is 0 Å². The highest BCUT2D eigenvalue weighted by atomic mass is 16.5. The van der Waals surface area contributed by atoms with Crippen molar-refractivity contribution in [2.75, 3.05) is 0 Å². The second kappa shape index (κ2) is 2.58. The molecule has 0 N–H and O–H groups in total. The van der Waals surface area contributed by atoms with Gasteiger partial charge in [0.25, 0.3) is 7.85 Å². The van der Waals surface area contributed by atoms with Gasteiger partial charge < -0.3 is 10.4 Å². The van der Waals surface area contributed by atoms with Gasteiger partial charge in [0.05, 0.1) is 4.85 Å². The Kier molecular flexibility index (Phi) is 1.55. The molecule has 0 spiro atoms. The van der Waals surface area contributed by atoms with Crippen LogP contribution in [0.15, 0.2) is 24.3 Å². The molecule has 0 radical (unpaired) electrons. The highest BCUT2D eigenvalue weighted by Crippen LogP contribution is 2.00. The first-order valence-corrected chi connectivity index (χ1v) is 3.79. The van der Waals surface area contributed by atoms with Crippen LogP contribution in [-0.2, 0) is 0 Å². The summed E-state index contributed by atoms with van der Waals surface area (Å²) in [7, 11) is 1.49. The second-order valence-electron chi connectivity index (χ2n) is 2.70. The van der Waals surface area contributed by atoms with Crippen LogP contribution in [0.5, 0.6) is 0 Å². The molecular weight excluding hydrogens is 169 g/mol. The van der Waals surface area contributed by atoms with Crippen LogP contribution in [-0.4, -0.2) is 12.9 Å². The molecule has 2 aromatic rings. The number of para-hydroxylation sites is 2. The van der Waals surface area contributed by atoms with E-state index in [1.807, 2.05) is 0 Å². The van der Waals surface area contributed by atoms with Crippen molar-refractivity contribution in [3.63, 3.8) is 0 Å². The lowest BCUT2D eigenvalue weighted by atomic mass is 10.1. The molecule has 0 fully saturated rings. The molecule has 1 aromatic carbocycles. The van der Waals surface area contributed by atoms with Crippen LogP contribution in [0.3, 0.4) is 0 Å². The molecule has 0 saturated heterocycles. The Morgan fingerprint density at radius 3 is 2.46 bits per heavy atom. The van der Waals surface area contributed by atoms with Gasteiger partial charge in [-0.05, 0) is 6.07 Å². The SMILES string of the molecule is Bc1n[n+]([O-])c2ccccc2[n+]1[O-]. The molecule has 0 atom stereocenters. The molecule has 2 rings (SSSR count). The van der Waals surface area contributed by atoms with E-state index in [-0.39, 0.29) is 11.2 Å². The highest BCUT2D eigenvalue weighted by molar-refractivity contribution is 6.27. The van der Waals surface area contributed by atoms with Crippen molar-refractivity contribution in [2.24, 2.45) is 0 Å². The summed E-state index contributed by atoms with van der Waals surface area (Å²) in [4.78, 5) is 0.457. The average Bonchev–Trinajstić information content (AvgIpc) is 2.15. The van der Waals surface area contributed by atoms with E-state index in [9.17, 15) is 10.4 Å². The van der Waals surface area contributed by atoms with Gasteiger partial charge >= 0.3 is 11.2 Å². The normalized spacial score (nSPS) is 10.5. The summed E-state index contributed by atoms with van der Waals surface area (Å²) in [5.74, 6) is 0. The van der Waals surface area contributed by atoms with Crippen molar-refractivity contribution >= 4 is 24.6 Å². The molecular formula is C7H6BN3O2. The summed E-state index contributed by atoms with van der Waals surface area (Å²) in [5.41, 5.74) is 0.766. The highest BCUT2D eigenvalue weighted by Gasteiger charge is 2.16. The smallest absolute Gasteiger partial charge is 0.315 e. The largest absolute Gasteiger partial charge is 0.711 e. The first kappa shape index (κ1) is 7.79. The Balaban J connectivity index is 2.97. The van der Waals surface area contributed by atoms with Crippen LogP contribution in [0.4, 0.5) is 0 Å². The molecule has 13 heavy (non-hydrogen) atoms. The van der Waals surface area contributed by atoms with Gasteiger partial charge in [0.15, 0.2) is 0 Å². The van der Waals surface area contributed by atoms with Crippen LogP contribution in [0.25, 0.3) is 11.0 Å². The molecule has 0 saturated carbocycles.